The molecule has 4 nitrogen and oxygen atoms in total. The van der Waals surface area contributed by atoms with Crippen LogP contribution in [0.25, 0.3) is 0 Å². The third-order valence-electron chi connectivity index (χ3n) is 3.18. The van der Waals surface area contributed by atoms with Crippen molar-refractivity contribution in [2.75, 3.05) is 13.2 Å². The summed E-state index contributed by atoms with van der Waals surface area (Å²) in [6, 6.07) is 2.11. The molecule has 0 aromatic heterocycles. The van der Waals surface area contributed by atoms with Crippen molar-refractivity contribution in [3.8, 4) is 6.07 Å². The molecular weight excluding hydrogens is 206 g/mol. The molecule has 3 unspecified atom stereocenters. The van der Waals surface area contributed by atoms with Gasteiger partial charge in [0, 0.05) is 13.0 Å². The van der Waals surface area contributed by atoms with E-state index in [1.807, 2.05) is 6.92 Å². The van der Waals surface area contributed by atoms with Crippen LogP contribution in [0.5, 0.6) is 0 Å². The summed E-state index contributed by atoms with van der Waals surface area (Å²) in [4.78, 5) is 0. The number of hydrogen-bond acceptors (Lipinski definition) is 4. The topological polar surface area (TPSA) is 51.5 Å². The zero-order valence-corrected chi connectivity index (χ0v) is 9.78. The Labute approximate surface area is 96.5 Å². The molecule has 2 rings (SSSR count). The molecule has 0 amide bonds. The molecule has 0 radical (unpaired) electrons. The van der Waals surface area contributed by atoms with Crippen LogP contribution >= 0.6 is 0 Å². The van der Waals surface area contributed by atoms with Crippen LogP contribution in [0.1, 0.15) is 39.0 Å². The van der Waals surface area contributed by atoms with Crippen LogP contribution in [-0.2, 0) is 14.2 Å². The minimum atomic E-state index is -0.552. The number of hydrogen-bond donors (Lipinski definition) is 0. The minimum absolute atomic E-state index is 0.0707. The Morgan fingerprint density at radius 1 is 1.38 bits per heavy atom. The van der Waals surface area contributed by atoms with E-state index in [2.05, 4.69) is 6.07 Å². The van der Waals surface area contributed by atoms with Crippen LogP contribution in [0.2, 0.25) is 0 Å². The molecule has 4 heteroatoms. The summed E-state index contributed by atoms with van der Waals surface area (Å²) in [5.74, 6) is -0.552. The van der Waals surface area contributed by atoms with Crippen LogP contribution in [0.3, 0.4) is 0 Å². The van der Waals surface area contributed by atoms with Crippen LogP contribution < -0.4 is 0 Å². The van der Waals surface area contributed by atoms with Crippen molar-refractivity contribution in [2.45, 2.75) is 57.0 Å². The second-order valence-electron chi connectivity index (χ2n) is 4.74. The maximum Gasteiger partial charge on any atom is 0.168 e. The van der Waals surface area contributed by atoms with E-state index in [9.17, 15) is 0 Å². The number of nitriles is 1. The smallest absolute Gasteiger partial charge is 0.168 e. The van der Waals surface area contributed by atoms with Crippen LogP contribution in [0.15, 0.2) is 0 Å². The predicted molar refractivity (Wildman–Crippen MR) is 57.7 cm³/mol. The zero-order valence-electron chi connectivity index (χ0n) is 9.78. The summed E-state index contributed by atoms with van der Waals surface area (Å²) in [6.45, 7) is 3.32. The Balaban J connectivity index is 1.82. The molecule has 2 aliphatic heterocycles. The molecule has 0 aromatic rings. The SMILES string of the molecule is CC1(CC2CCCCO2)OCC(CC#N)O1. The van der Waals surface area contributed by atoms with Gasteiger partial charge in [0.25, 0.3) is 0 Å². The lowest BCUT2D eigenvalue weighted by molar-refractivity contribution is -0.181. The first-order valence-corrected chi connectivity index (χ1v) is 6.02. The average molecular weight is 225 g/mol. The normalized spacial score (nSPS) is 39.5. The first kappa shape index (κ1) is 11.8. The zero-order chi connectivity index (χ0) is 11.4. The fraction of sp³-hybridized carbons (Fsp3) is 0.917. The highest BCUT2D eigenvalue weighted by Crippen LogP contribution is 2.32. The Morgan fingerprint density at radius 3 is 2.94 bits per heavy atom. The molecule has 0 aliphatic carbocycles. The van der Waals surface area contributed by atoms with E-state index in [0.717, 1.165) is 25.9 Å². The third kappa shape index (κ3) is 2.94. The number of ether oxygens (including phenoxy) is 3. The van der Waals surface area contributed by atoms with Gasteiger partial charge in [0.15, 0.2) is 5.79 Å². The Bertz CT molecular complexity index is 270. The fourth-order valence-corrected chi connectivity index (χ4v) is 2.38. The first-order valence-electron chi connectivity index (χ1n) is 6.02. The standard InChI is InChI=1S/C12H19NO3/c1-12(8-10-4-2-3-7-14-10)15-9-11(16-12)5-6-13/h10-11H,2-5,7-9H2,1H3. The van der Waals surface area contributed by atoms with Gasteiger partial charge < -0.3 is 14.2 Å². The van der Waals surface area contributed by atoms with Gasteiger partial charge >= 0.3 is 0 Å². The van der Waals surface area contributed by atoms with Crippen molar-refractivity contribution in [3.63, 3.8) is 0 Å². The molecule has 2 aliphatic rings. The molecule has 0 N–H and O–H groups in total. The predicted octanol–water partition coefficient (Wildman–Crippen LogP) is 1.99. The van der Waals surface area contributed by atoms with Crippen LogP contribution in [0.4, 0.5) is 0 Å². The van der Waals surface area contributed by atoms with Gasteiger partial charge in [-0.2, -0.15) is 5.26 Å². The lowest BCUT2D eigenvalue weighted by Crippen LogP contribution is -2.34. The highest BCUT2D eigenvalue weighted by Gasteiger charge is 2.39. The monoisotopic (exact) mass is 225 g/mol. The van der Waals surface area contributed by atoms with Crippen molar-refractivity contribution < 1.29 is 14.2 Å². The fourth-order valence-electron chi connectivity index (χ4n) is 2.38. The molecule has 3 atom stereocenters. The average Bonchev–Trinajstić information content (AvgIpc) is 2.62. The highest BCUT2D eigenvalue weighted by atomic mass is 16.7. The molecule has 90 valence electrons. The van der Waals surface area contributed by atoms with Gasteiger partial charge in [-0.3, -0.25) is 0 Å². The van der Waals surface area contributed by atoms with Crippen molar-refractivity contribution in [2.24, 2.45) is 0 Å². The van der Waals surface area contributed by atoms with Crippen molar-refractivity contribution in [1.29, 1.82) is 5.26 Å². The minimum Gasteiger partial charge on any atom is -0.378 e. The first-order chi connectivity index (χ1) is 7.72. The van der Waals surface area contributed by atoms with Gasteiger partial charge in [-0.1, -0.05) is 0 Å². The quantitative estimate of drug-likeness (QED) is 0.737. The van der Waals surface area contributed by atoms with Crippen LogP contribution in [0, 0.1) is 11.3 Å². The van der Waals surface area contributed by atoms with E-state index in [4.69, 9.17) is 19.5 Å². The highest BCUT2D eigenvalue weighted by molar-refractivity contribution is 4.84. The Kier molecular flexibility index (Phi) is 3.80. The van der Waals surface area contributed by atoms with E-state index in [1.165, 1.54) is 6.42 Å². The van der Waals surface area contributed by atoms with Gasteiger partial charge in [0.2, 0.25) is 0 Å². The van der Waals surface area contributed by atoms with E-state index in [1.54, 1.807) is 0 Å². The molecule has 0 spiro atoms. The summed E-state index contributed by atoms with van der Waals surface area (Å²) in [5, 5.41) is 8.61. The molecule has 16 heavy (non-hydrogen) atoms. The van der Waals surface area contributed by atoms with Gasteiger partial charge in [0.1, 0.15) is 0 Å². The van der Waals surface area contributed by atoms with Gasteiger partial charge in [-0.15, -0.1) is 0 Å². The second kappa shape index (κ2) is 5.13. The lowest BCUT2D eigenvalue weighted by atomic mass is 10.0. The Hall–Kier alpha value is -0.630. The summed E-state index contributed by atoms with van der Waals surface area (Å²) in [5.41, 5.74) is 0. The van der Waals surface area contributed by atoms with Gasteiger partial charge in [-0.25, -0.2) is 0 Å². The summed E-state index contributed by atoms with van der Waals surface area (Å²) in [6.07, 6.45) is 4.83. The molecule has 0 saturated carbocycles. The maximum atomic E-state index is 8.61. The largest absolute Gasteiger partial charge is 0.378 e. The molecule has 0 bridgehead atoms. The molecule has 2 fully saturated rings. The summed E-state index contributed by atoms with van der Waals surface area (Å²) in [7, 11) is 0. The number of nitrogens with zero attached hydrogens (tertiary/aromatic N) is 1. The molecule has 2 saturated heterocycles. The lowest BCUT2D eigenvalue weighted by Gasteiger charge is -2.30. The van der Waals surface area contributed by atoms with E-state index >= 15 is 0 Å². The molecule has 0 aromatic carbocycles. The van der Waals surface area contributed by atoms with E-state index < -0.39 is 5.79 Å². The van der Waals surface area contributed by atoms with Gasteiger partial charge in [-0.05, 0) is 26.2 Å². The van der Waals surface area contributed by atoms with Crippen LogP contribution in [-0.4, -0.2) is 31.2 Å². The summed E-state index contributed by atoms with van der Waals surface area (Å²) >= 11 is 0. The molecule has 2 heterocycles. The second-order valence-corrected chi connectivity index (χ2v) is 4.74. The number of rotatable bonds is 3. The van der Waals surface area contributed by atoms with E-state index in [0.29, 0.717) is 13.0 Å². The van der Waals surface area contributed by atoms with Crippen molar-refractivity contribution >= 4 is 0 Å². The molecular formula is C12H19NO3. The maximum absolute atomic E-state index is 8.61. The third-order valence-corrected chi connectivity index (χ3v) is 3.18. The van der Waals surface area contributed by atoms with Crippen molar-refractivity contribution in [1.82, 2.24) is 0 Å². The van der Waals surface area contributed by atoms with Crippen molar-refractivity contribution in [3.05, 3.63) is 0 Å². The van der Waals surface area contributed by atoms with Gasteiger partial charge in [0.05, 0.1) is 31.3 Å². The Morgan fingerprint density at radius 2 is 2.25 bits per heavy atom. The summed E-state index contributed by atoms with van der Waals surface area (Å²) < 4.78 is 17.1. The van der Waals surface area contributed by atoms with E-state index in [-0.39, 0.29) is 12.2 Å².